The fourth-order valence-electron chi connectivity index (χ4n) is 1.67. The highest BCUT2D eigenvalue weighted by Crippen LogP contribution is 2.25. The normalized spacial score (nSPS) is 10.5. The third kappa shape index (κ3) is 2.68. The summed E-state index contributed by atoms with van der Waals surface area (Å²) in [6, 6.07) is 7.86. The standard InChI is InChI=1S/C12H14BrN3O/c1-14-7-10-11(16-12(13)15-10)8-3-5-9(17-2)6-4-8/h3-6,14H,7H2,1-2H3,(H,15,16). The van der Waals surface area contributed by atoms with Crippen LogP contribution in [0.2, 0.25) is 0 Å². The summed E-state index contributed by atoms with van der Waals surface area (Å²) in [5.74, 6) is 0.846. The van der Waals surface area contributed by atoms with Crippen LogP contribution in [0.5, 0.6) is 5.75 Å². The van der Waals surface area contributed by atoms with Crippen molar-refractivity contribution in [1.29, 1.82) is 0 Å². The van der Waals surface area contributed by atoms with Crippen LogP contribution in [0.4, 0.5) is 0 Å². The first-order valence-electron chi connectivity index (χ1n) is 5.28. The summed E-state index contributed by atoms with van der Waals surface area (Å²) in [6.45, 7) is 0.750. The Morgan fingerprint density at radius 1 is 1.35 bits per heavy atom. The Balaban J connectivity index is 2.37. The van der Waals surface area contributed by atoms with Crippen molar-refractivity contribution in [3.05, 3.63) is 34.7 Å². The van der Waals surface area contributed by atoms with E-state index in [0.717, 1.165) is 34.0 Å². The molecular weight excluding hydrogens is 282 g/mol. The molecule has 0 atom stereocenters. The van der Waals surface area contributed by atoms with Gasteiger partial charge in [-0.05, 0) is 47.2 Å². The number of nitrogens with one attached hydrogen (secondary N) is 2. The number of aromatic nitrogens is 2. The topological polar surface area (TPSA) is 49.9 Å². The predicted molar refractivity (Wildman–Crippen MR) is 71.0 cm³/mol. The van der Waals surface area contributed by atoms with Crippen LogP contribution in [0, 0.1) is 0 Å². The first-order valence-corrected chi connectivity index (χ1v) is 6.07. The smallest absolute Gasteiger partial charge is 0.175 e. The summed E-state index contributed by atoms with van der Waals surface area (Å²) in [7, 11) is 3.57. The van der Waals surface area contributed by atoms with E-state index in [1.54, 1.807) is 7.11 Å². The second kappa shape index (κ2) is 5.33. The van der Waals surface area contributed by atoms with Crippen LogP contribution in [0.25, 0.3) is 11.3 Å². The van der Waals surface area contributed by atoms with Crippen molar-refractivity contribution < 1.29 is 4.74 Å². The molecule has 0 spiro atoms. The zero-order chi connectivity index (χ0) is 12.3. The van der Waals surface area contributed by atoms with Crippen molar-refractivity contribution in [1.82, 2.24) is 15.3 Å². The lowest BCUT2D eigenvalue weighted by Gasteiger charge is -2.03. The molecule has 1 heterocycles. The van der Waals surface area contributed by atoms with Crippen LogP contribution in [-0.4, -0.2) is 24.1 Å². The highest BCUT2D eigenvalue weighted by molar-refractivity contribution is 9.10. The van der Waals surface area contributed by atoms with Crippen molar-refractivity contribution >= 4 is 15.9 Å². The van der Waals surface area contributed by atoms with Crippen molar-refractivity contribution in [3.63, 3.8) is 0 Å². The van der Waals surface area contributed by atoms with E-state index in [4.69, 9.17) is 4.74 Å². The maximum atomic E-state index is 5.14. The molecule has 0 aliphatic heterocycles. The van der Waals surface area contributed by atoms with Gasteiger partial charge >= 0.3 is 0 Å². The molecule has 0 fully saturated rings. The number of benzene rings is 1. The number of nitrogens with zero attached hydrogens (tertiary/aromatic N) is 1. The lowest BCUT2D eigenvalue weighted by atomic mass is 10.1. The number of aromatic amines is 1. The van der Waals surface area contributed by atoms with Gasteiger partial charge in [-0.2, -0.15) is 0 Å². The number of hydrogen-bond acceptors (Lipinski definition) is 3. The van der Waals surface area contributed by atoms with E-state index in [2.05, 4.69) is 31.2 Å². The molecule has 4 nitrogen and oxygen atoms in total. The van der Waals surface area contributed by atoms with Crippen LogP contribution < -0.4 is 10.1 Å². The zero-order valence-corrected chi connectivity index (χ0v) is 11.3. The van der Waals surface area contributed by atoms with E-state index in [1.165, 1.54) is 0 Å². The Bertz CT molecular complexity index is 493. The Morgan fingerprint density at radius 2 is 2.06 bits per heavy atom. The molecule has 90 valence electrons. The van der Waals surface area contributed by atoms with Gasteiger partial charge in [-0.15, -0.1) is 0 Å². The van der Waals surface area contributed by atoms with Crippen molar-refractivity contribution in [2.45, 2.75) is 6.54 Å². The van der Waals surface area contributed by atoms with E-state index in [0.29, 0.717) is 0 Å². The third-order valence-corrected chi connectivity index (χ3v) is 2.84. The molecule has 0 unspecified atom stereocenters. The summed E-state index contributed by atoms with van der Waals surface area (Å²) in [5, 5.41) is 3.11. The maximum Gasteiger partial charge on any atom is 0.175 e. The molecule has 0 aliphatic rings. The third-order valence-electron chi connectivity index (χ3n) is 2.47. The largest absolute Gasteiger partial charge is 0.497 e. The summed E-state index contributed by atoms with van der Waals surface area (Å²) >= 11 is 3.36. The molecule has 0 bridgehead atoms. The monoisotopic (exact) mass is 295 g/mol. The highest BCUT2D eigenvalue weighted by atomic mass is 79.9. The summed E-state index contributed by atoms with van der Waals surface area (Å²) in [5.41, 5.74) is 3.08. The van der Waals surface area contributed by atoms with Crippen molar-refractivity contribution in [3.8, 4) is 17.0 Å². The Labute approximate surface area is 109 Å². The lowest BCUT2D eigenvalue weighted by molar-refractivity contribution is 0.415. The molecular formula is C12H14BrN3O. The quantitative estimate of drug-likeness (QED) is 0.911. The van der Waals surface area contributed by atoms with E-state index in [-0.39, 0.29) is 0 Å². The molecule has 17 heavy (non-hydrogen) atoms. The number of H-pyrrole nitrogens is 1. The predicted octanol–water partition coefficient (Wildman–Crippen LogP) is 2.57. The highest BCUT2D eigenvalue weighted by Gasteiger charge is 2.10. The van der Waals surface area contributed by atoms with E-state index < -0.39 is 0 Å². The first-order chi connectivity index (χ1) is 8.24. The fraction of sp³-hybridized carbons (Fsp3) is 0.250. The van der Waals surface area contributed by atoms with Crippen molar-refractivity contribution in [2.75, 3.05) is 14.2 Å². The molecule has 0 aliphatic carbocycles. The molecule has 5 heteroatoms. The number of halogens is 1. The molecule has 2 N–H and O–H groups in total. The second-order valence-electron chi connectivity index (χ2n) is 3.61. The average molecular weight is 296 g/mol. The number of ether oxygens (including phenoxy) is 1. The molecule has 1 aromatic heterocycles. The van der Waals surface area contributed by atoms with Crippen LogP contribution in [0.15, 0.2) is 29.0 Å². The first kappa shape index (κ1) is 12.1. The Kier molecular flexibility index (Phi) is 3.81. The summed E-state index contributed by atoms with van der Waals surface area (Å²) in [6.07, 6.45) is 0. The fourth-order valence-corrected chi connectivity index (χ4v) is 2.09. The number of hydrogen-bond donors (Lipinski definition) is 2. The Morgan fingerprint density at radius 3 is 2.65 bits per heavy atom. The van der Waals surface area contributed by atoms with Gasteiger partial charge in [0.15, 0.2) is 4.73 Å². The van der Waals surface area contributed by atoms with E-state index in [9.17, 15) is 0 Å². The molecule has 1 aromatic carbocycles. The van der Waals surface area contributed by atoms with Crippen LogP contribution in [0.3, 0.4) is 0 Å². The van der Waals surface area contributed by atoms with Gasteiger partial charge in [-0.3, -0.25) is 0 Å². The van der Waals surface area contributed by atoms with Gasteiger partial charge in [0.05, 0.1) is 18.5 Å². The SMILES string of the molecule is CNCc1[nH]c(Br)nc1-c1ccc(OC)cc1. The van der Waals surface area contributed by atoms with Gasteiger partial charge < -0.3 is 15.0 Å². The Hall–Kier alpha value is -1.33. The second-order valence-corrected chi connectivity index (χ2v) is 4.36. The average Bonchev–Trinajstić information content (AvgIpc) is 2.71. The van der Waals surface area contributed by atoms with Crippen LogP contribution >= 0.6 is 15.9 Å². The summed E-state index contributed by atoms with van der Waals surface area (Å²) in [4.78, 5) is 7.62. The van der Waals surface area contributed by atoms with Gasteiger partial charge in [0.25, 0.3) is 0 Å². The minimum absolute atomic E-state index is 0.744. The van der Waals surface area contributed by atoms with E-state index in [1.807, 2.05) is 31.3 Å². The van der Waals surface area contributed by atoms with Gasteiger partial charge in [-0.1, -0.05) is 0 Å². The molecule has 0 saturated carbocycles. The number of rotatable bonds is 4. The van der Waals surface area contributed by atoms with Crippen LogP contribution in [-0.2, 0) is 6.54 Å². The van der Waals surface area contributed by atoms with Crippen LogP contribution in [0.1, 0.15) is 5.69 Å². The molecule has 0 radical (unpaired) electrons. The maximum absolute atomic E-state index is 5.14. The molecule has 0 saturated heterocycles. The molecule has 2 aromatic rings. The zero-order valence-electron chi connectivity index (χ0n) is 9.75. The molecule has 2 rings (SSSR count). The number of methoxy groups -OCH3 is 1. The van der Waals surface area contributed by atoms with Gasteiger partial charge in [0, 0.05) is 12.1 Å². The minimum atomic E-state index is 0.744. The van der Waals surface area contributed by atoms with Gasteiger partial charge in [0.2, 0.25) is 0 Å². The van der Waals surface area contributed by atoms with E-state index >= 15 is 0 Å². The molecule has 0 amide bonds. The van der Waals surface area contributed by atoms with Gasteiger partial charge in [0.1, 0.15) is 5.75 Å². The lowest BCUT2D eigenvalue weighted by Crippen LogP contribution is -2.06. The minimum Gasteiger partial charge on any atom is -0.497 e. The number of imidazole rings is 1. The summed E-state index contributed by atoms with van der Waals surface area (Å²) < 4.78 is 5.88. The van der Waals surface area contributed by atoms with Crippen molar-refractivity contribution in [2.24, 2.45) is 0 Å². The van der Waals surface area contributed by atoms with Gasteiger partial charge in [-0.25, -0.2) is 4.98 Å².